The van der Waals surface area contributed by atoms with Crippen LogP contribution in [0.5, 0.6) is 11.5 Å². The third-order valence-corrected chi connectivity index (χ3v) is 22.2. The van der Waals surface area contributed by atoms with Gasteiger partial charge in [-0.3, -0.25) is 24.0 Å². The summed E-state index contributed by atoms with van der Waals surface area (Å²) in [6.07, 6.45) is 25.0. The van der Waals surface area contributed by atoms with Crippen LogP contribution in [-0.2, 0) is 4.79 Å². The Labute approximate surface area is 668 Å². The molecule has 0 heterocycles. The summed E-state index contributed by atoms with van der Waals surface area (Å²) < 4.78 is 11.0. The molecule has 0 aromatic heterocycles. The standard InChI is InChI=1S/C28H40.C24H28O3.C17H14O2.C11H14O2.C8H12.2C8H10/c1-5-7-9-11-13-23-24(14-12-10-8-6-2)28-20-22(4)16-18-26(28)25-17-15-21(3)19-27(23)25;1-6-7-8-9-12-27-18-11-10-14(2)19-22(18)24(26)21-17(5)15(3)13-16(4)20(21)23(19)25;1-9-8-10(2)14-15(11(9)3)17(19)13-7-5-4-6-12(13)16(14)18;1-7-5-9(3)11(6-8(7)2)13-10(4)12;2*1-7-3-5-8(2)6-4-7;1-7-4-3-5-8(2)6-7/h15-20,23-24H,5-14H2,1-4H3;10-11,13H,6-9,12H2,1-5H3;4-8H,1-3H3;5-6H,1-4H3;3,5H,4,6H2,1-2H3;2*3-6H,1-2H3. The Morgan fingerprint density at radius 2 is 0.721 bits per heavy atom. The van der Waals surface area contributed by atoms with Crippen LogP contribution in [-0.4, -0.2) is 35.7 Å². The number of carbonyl (C=O) groups excluding carboxylic acids is 5. The van der Waals surface area contributed by atoms with E-state index < -0.39 is 0 Å². The number of aryl methyl sites for hydroxylation is 14. The van der Waals surface area contributed by atoms with Gasteiger partial charge in [-0.1, -0.05) is 282 Å². The zero-order chi connectivity index (χ0) is 81.3. The summed E-state index contributed by atoms with van der Waals surface area (Å²) >= 11 is 0. The lowest BCUT2D eigenvalue weighted by atomic mass is 9.67. The zero-order valence-electron chi connectivity index (χ0n) is 71.5. The fourth-order valence-corrected chi connectivity index (χ4v) is 15.4. The topological polar surface area (TPSA) is 104 Å². The van der Waals surface area contributed by atoms with Gasteiger partial charge in [-0.25, -0.2) is 0 Å². The monoisotopic (exact) mass is 1490 g/mol. The van der Waals surface area contributed by atoms with Gasteiger partial charge >= 0.3 is 5.97 Å². The SMILES string of the molecule is CC(=O)Oc1cc(C)c(C)cc1C.CC1=CC=C(C)CC1.CCCCCCC1c2cc(C)ccc2-c2ccc(C)cc2C1CCCCCC.CCCCCCOc1ccc(C)c2c1C(=O)c1c(C)c(C)cc(C)c1C2=O.Cc1cc(C)c2c(c1C)C(=O)c1ccccc1C2=O.Cc1ccc(C)cc1.Cc1cccc(C)c1. The first-order valence-corrected chi connectivity index (χ1v) is 41.1. The van der Waals surface area contributed by atoms with Gasteiger partial charge in [-0.2, -0.15) is 0 Å². The molecule has 2 atom stereocenters. The molecule has 111 heavy (non-hydrogen) atoms. The highest BCUT2D eigenvalue weighted by molar-refractivity contribution is 6.31. The van der Waals surface area contributed by atoms with Crippen LogP contribution in [0.3, 0.4) is 0 Å². The van der Waals surface area contributed by atoms with Crippen molar-refractivity contribution in [1.82, 2.24) is 0 Å². The van der Waals surface area contributed by atoms with Gasteiger partial charge in [0.25, 0.3) is 0 Å². The number of ketones is 4. The predicted octanol–water partition coefficient (Wildman–Crippen LogP) is 28.0. The van der Waals surface area contributed by atoms with Crippen LogP contribution >= 0.6 is 0 Å². The van der Waals surface area contributed by atoms with Gasteiger partial charge in [0, 0.05) is 45.9 Å². The van der Waals surface area contributed by atoms with Crippen LogP contribution in [0.4, 0.5) is 0 Å². The number of allylic oxidation sites excluding steroid dienone is 4. The van der Waals surface area contributed by atoms with Gasteiger partial charge in [0.2, 0.25) is 0 Å². The minimum atomic E-state index is -0.272. The normalized spacial score (nSPS) is 13.8. The van der Waals surface area contributed by atoms with E-state index in [2.05, 4.69) is 173 Å². The van der Waals surface area contributed by atoms with Crippen molar-refractivity contribution in [3.8, 4) is 22.6 Å². The maximum atomic E-state index is 13.5. The molecule has 13 rings (SSSR count). The summed E-state index contributed by atoms with van der Waals surface area (Å²) in [5.41, 5.74) is 31.5. The Morgan fingerprint density at radius 3 is 1.16 bits per heavy atom. The van der Waals surface area contributed by atoms with Gasteiger partial charge in [0.15, 0.2) is 23.1 Å². The molecule has 2 unspecified atom stereocenters. The molecular weight excluding hydrogens is 1360 g/mol. The molecule has 7 nitrogen and oxygen atoms in total. The minimum absolute atomic E-state index is 0.0329. The number of rotatable bonds is 17. The lowest BCUT2D eigenvalue weighted by Gasteiger charge is -2.36. The first-order chi connectivity index (χ1) is 52.9. The molecule has 4 aliphatic carbocycles. The highest BCUT2D eigenvalue weighted by atomic mass is 16.5. The fourth-order valence-electron chi connectivity index (χ4n) is 15.4. The smallest absolute Gasteiger partial charge is 0.308 e. The second-order valence-electron chi connectivity index (χ2n) is 31.9. The lowest BCUT2D eigenvalue weighted by Crippen LogP contribution is -2.25. The molecule has 0 spiro atoms. The highest BCUT2D eigenvalue weighted by Gasteiger charge is 2.38. The van der Waals surface area contributed by atoms with Crippen molar-refractivity contribution in [2.45, 2.75) is 267 Å². The molecule has 7 heteroatoms. The van der Waals surface area contributed by atoms with E-state index in [0.717, 1.165) is 62.9 Å². The number of fused-ring (bicyclic) bond motifs is 7. The summed E-state index contributed by atoms with van der Waals surface area (Å²) in [4.78, 5) is 62.7. The van der Waals surface area contributed by atoms with Crippen molar-refractivity contribution >= 4 is 29.1 Å². The lowest BCUT2D eigenvalue weighted by molar-refractivity contribution is -0.131. The number of hydrogen-bond acceptors (Lipinski definition) is 7. The second kappa shape index (κ2) is 42.7. The number of ether oxygens (including phenoxy) is 2. The van der Waals surface area contributed by atoms with E-state index in [1.54, 1.807) is 35.4 Å². The van der Waals surface area contributed by atoms with Crippen molar-refractivity contribution < 1.29 is 33.4 Å². The summed E-state index contributed by atoms with van der Waals surface area (Å²) in [6.45, 7) is 45.5. The Balaban J connectivity index is 0.000000190. The molecule has 0 fully saturated rings. The van der Waals surface area contributed by atoms with Gasteiger partial charge in [-0.15, -0.1) is 0 Å². The third-order valence-electron chi connectivity index (χ3n) is 22.2. The van der Waals surface area contributed by atoms with E-state index in [1.165, 1.54) is 158 Å². The summed E-state index contributed by atoms with van der Waals surface area (Å²) in [5.74, 6) is 2.10. The zero-order valence-corrected chi connectivity index (χ0v) is 71.5. The molecular formula is C104H128O7. The molecule has 0 saturated heterocycles. The van der Waals surface area contributed by atoms with E-state index in [1.807, 2.05) is 106 Å². The molecule has 9 aromatic carbocycles. The number of unbranched alkanes of at least 4 members (excludes halogenated alkanes) is 9. The molecule has 4 aliphatic rings. The van der Waals surface area contributed by atoms with Crippen LogP contribution in [0, 0.1) is 111 Å². The second-order valence-corrected chi connectivity index (χ2v) is 31.9. The molecule has 586 valence electrons. The fraction of sp³-hybridized carbons (Fsp3) is 0.394. The van der Waals surface area contributed by atoms with Crippen LogP contribution in [0.1, 0.15) is 320 Å². The van der Waals surface area contributed by atoms with Crippen LogP contribution in [0.2, 0.25) is 0 Å². The summed E-state index contributed by atoms with van der Waals surface area (Å²) in [7, 11) is 0. The number of carbonyl (C=O) groups is 5. The highest BCUT2D eigenvalue weighted by Crippen LogP contribution is 2.52. The summed E-state index contributed by atoms with van der Waals surface area (Å²) in [5, 5.41) is 0. The number of hydrogen-bond donors (Lipinski definition) is 0. The van der Waals surface area contributed by atoms with Crippen molar-refractivity contribution in [2.24, 2.45) is 0 Å². The summed E-state index contributed by atoms with van der Waals surface area (Å²) in [6, 6.07) is 50.0. The van der Waals surface area contributed by atoms with Crippen molar-refractivity contribution in [3.05, 3.63) is 314 Å². The van der Waals surface area contributed by atoms with Crippen molar-refractivity contribution in [2.75, 3.05) is 6.61 Å². The van der Waals surface area contributed by atoms with Crippen LogP contribution in [0.15, 0.2) is 169 Å². The average molecular weight is 1490 g/mol. The van der Waals surface area contributed by atoms with Gasteiger partial charge < -0.3 is 9.47 Å². The molecule has 0 aliphatic heterocycles. The van der Waals surface area contributed by atoms with Gasteiger partial charge in [0.1, 0.15) is 11.5 Å². The Hall–Kier alpha value is -9.59. The van der Waals surface area contributed by atoms with Crippen molar-refractivity contribution in [1.29, 1.82) is 0 Å². The molecule has 9 aromatic rings. The number of esters is 1. The molecule has 0 amide bonds. The number of benzene rings is 9. The molecule has 0 N–H and O–H groups in total. The predicted molar refractivity (Wildman–Crippen MR) is 467 cm³/mol. The third kappa shape index (κ3) is 24.0. The molecule has 0 radical (unpaired) electrons. The van der Waals surface area contributed by atoms with E-state index in [-0.39, 0.29) is 29.1 Å². The van der Waals surface area contributed by atoms with Crippen molar-refractivity contribution in [3.63, 3.8) is 0 Å². The Kier molecular flexibility index (Phi) is 34.1. The van der Waals surface area contributed by atoms with E-state index in [4.69, 9.17) is 9.47 Å². The maximum Gasteiger partial charge on any atom is 0.308 e. The van der Waals surface area contributed by atoms with E-state index in [9.17, 15) is 24.0 Å². The van der Waals surface area contributed by atoms with Crippen LogP contribution < -0.4 is 9.47 Å². The maximum absolute atomic E-state index is 13.5. The largest absolute Gasteiger partial charge is 0.493 e. The van der Waals surface area contributed by atoms with Crippen LogP contribution in [0.25, 0.3) is 11.1 Å². The van der Waals surface area contributed by atoms with E-state index >= 15 is 0 Å². The van der Waals surface area contributed by atoms with Gasteiger partial charge in [-0.05, 0) is 259 Å². The average Bonchev–Trinajstić information content (AvgIpc) is 0.738. The minimum Gasteiger partial charge on any atom is -0.493 e. The molecule has 0 saturated carbocycles. The first kappa shape index (κ1) is 88.6. The Bertz CT molecular complexity index is 4690. The van der Waals surface area contributed by atoms with E-state index in [0.29, 0.717) is 74.4 Å². The Morgan fingerprint density at radius 1 is 0.324 bits per heavy atom. The van der Waals surface area contributed by atoms with Gasteiger partial charge in [0.05, 0.1) is 12.2 Å². The molecule has 0 bridgehead atoms. The quantitative estimate of drug-likeness (QED) is 0.0508. The first-order valence-electron chi connectivity index (χ1n) is 41.1.